The first-order chi connectivity index (χ1) is 14.5. The largest absolute Gasteiger partial charge is 0.493 e. The lowest BCUT2D eigenvalue weighted by molar-refractivity contribution is 0.101. The molecule has 4 rings (SSSR count). The first kappa shape index (κ1) is 20.0. The van der Waals surface area contributed by atoms with E-state index >= 15 is 0 Å². The SMILES string of the molecule is COc1cccc2c(NC(=O)c3ccccc3Cl)c(C(=O)c3ccc(Cl)cc3)oc12. The Balaban J connectivity index is 1.85. The third-order valence-corrected chi connectivity index (χ3v) is 5.15. The van der Waals surface area contributed by atoms with Gasteiger partial charge in [-0.1, -0.05) is 41.4 Å². The molecule has 0 aliphatic heterocycles. The third-order valence-electron chi connectivity index (χ3n) is 4.57. The smallest absolute Gasteiger partial charge is 0.257 e. The number of amides is 1. The van der Waals surface area contributed by atoms with Gasteiger partial charge >= 0.3 is 0 Å². The van der Waals surface area contributed by atoms with E-state index in [9.17, 15) is 9.59 Å². The van der Waals surface area contributed by atoms with Gasteiger partial charge in [-0.15, -0.1) is 0 Å². The van der Waals surface area contributed by atoms with Crippen molar-refractivity contribution in [1.82, 2.24) is 0 Å². The van der Waals surface area contributed by atoms with Gasteiger partial charge < -0.3 is 14.5 Å². The number of methoxy groups -OCH3 is 1. The predicted molar refractivity (Wildman–Crippen MR) is 117 cm³/mol. The molecule has 0 saturated heterocycles. The Morgan fingerprint density at radius 2 is 1.67 bits per heavy atom. The number of carbonyl (C=O) groups excluding carboxylic acids is 2. The van der Waals surface area contributed by atoms with Crippen molar-refractivity contribution in [2.24, 2.45) is 0 Å². The molecule has 150 valence electrons. The molecule has 30 heavy (non-hydrogen) atoms. The number of fused-ring (bicyclic) bond motifs is 1. The van der Waals surface area contributed by atoms with Crippen LogP contribution in [0.15, 0.2) is 71.1 Å². The molecule has 4 aromatic rings. The van der Waals surface area contributed by atoms with Crippen molar-refractivity contribution >= 4 is 51.5 Å². The predicted octanol–water partition coefficient (Wildman–Crippen LogP) is 6.23. The summed E-state index contributed by atoms with van der Waals surface area (Å²) in [5.74, 6) is -0.441. The van der Waals surface area contributed by atoms with Crippen LogP contribution in [0.5, 0.6) is 5.75 Å². The van der Waals surface area contributed by atoms with Crippen LogP contribution in [-0.4, -0.2) is 18.8 Å². The number of nitrogens with one attached hydrogen (secondary N) is 1. The van der Waals surface area contributed by atoms with Gasteiger partial charge in [-0.05, 0) is 48.5 Å². The summed E-state index contributed by atoms with van der Waals surface area (Å²) < 4.78 is 11.2. The molecule has 1 heterocycles. The maximum absolute atomic E-state index is 13.2. The van der Waals surface area contributed by atoms with Crippen molar-refractivity contribution in [1.29, 1.82) is 0 Å². The first-order valence-corrected chi connectivity index (χ1v) is 9.71. The van der Waals surface area contributed by atoms with Crippen molar-refractivity contribution in [3.8, 4) is 5.75 Å². The maximum Gasteiger partial charge on any atom is 0.257 e. The van der Waals surface area contributed by atoms with Crippen LogP contribution in [0.1, 0.15) is 26.5 Å². The number of rotatable bonds is 5. The highest BCUT2D eigenvalue weighted by Gasteiger charge is 2.26. The summed E-state index contributed by atoms with van der Waals surface area (Å²) >= 11 is 12.1. The average molecular weight is 440 g/mol. The van der Waals surface area contributed by atoms with Gasteiger partial charge in [-0.25, -0.2) is 0 Å². The van der Waals surface area contributed by atoms with Crippen molar-refractivity contribution in [2.45, 2.75) is 0 Å². The lowest BCUT2D eigenvalue weighted by Crippen LogP contribution is -2.14. The Morgan fingerprint density at radius 1 is 0.933 bits per heavy atom. The summed E-state index contributed by atoms with van der Waals surface area (Å²) in [5, 5.41) is 4.12. The monoisotopic (exact) mass is 439 g/mol. The summed E-state index contributed by atoms with van der Waals surface area (Å²) in [6, 6.07) is 18.3. The van der Waals surface area contributed by atoms with Crippen molar-refractivity contribution in [3.05, 3.63) is 93.7 Å². The van der Waals surface area contributed by atoms with Gasteiger partial charge in [0.25, 0.3) is 5.91 Å². The fourth-order valence-corrected chi connectivity index (χ4v) is 3.44. The molecule has 0 fully saturated rings. The van der Waals surface area contributed by atoms with E-state index < -0.39 is 11.7 Å². The third kappa shape index (κ3) is 3.65. The van der Waals surface area contributed by atoms with Crippen LogP contribution in [0.25, 0.3) is 11.0 Å². The fraction of sp³-hybridized carbons (Fsp3) is 0.0435. The Bertz CT molecular complexity index is 1260. The number of ketones is 1. The number of anilines is 1. The van der Waals surface area contributed by atoms with Gasteiger partial charge in [0.05, 0.1) is 23.4 Å². The van der Waals surface area contributed by atoms with Crippen LogP contribution < -0.4 is 10.1 Å². The van der Waals surface area contributed by atoms with E-state index in [0.29, 0.717) is 32.3 Å². The van der Waals surface area contributed by atoms with E-state index in [1.807, 2.05) is 0 Å². The van der Waals surface area contributed by atoms with Crippen LogP contribution in [0, 0.1) is 0 Å². The second kappa shape index (κ2) is 8.22. The molecule has 0 unspecified atom stereocenters. The molecule has 5 nitrogen and oxygen atoms in total. The lowest BCUT2D eigenvalue weighted by atomic mass is 10.1. The fourth-order valence-electron chi connectivity index (χ4n) is 3.10. The normalized spacial score (nSPS) is 10.8. The molecule has 1 N–H and O–H groups in total. The molecule has 0 aliphatic rings. The second-order valence-corrected chi connectivity index (χ2v) is 7.26. The number of hydrogen-bond acceptors (Lipinski definition) is 4. The standard InChI is InChI=1S/C23H15Cl2NO4/c1-29-18-8-4-6-16-19(26-23(28)15-5-2-3-7-17(15)25)22(30-21(16)18)20(27)13-9-11-14(24)12-10-13/h2-12H,1H3,(H,26,28). The number of para-hydroxylation sites is 1. The zero-order valence-corrected chi connectivity index (χ0v) is 17.3. The Labute approximate surface area is 182 Å². The summed E-state index contributed by atoms with van der Waals surface area (Å²) in [6.07, 6.45) is 0. The molecular formula is C23H15Cl2NO4. The van der Waals surface area contributed by atoms with Gasteiger partial charge in [-0.3, -0.25) is 9.59 Å². The topological polar surface area (TPSA) is 68.5 Å². The minimum atomic E-state index is -0.462. The van der Waals surface area contributed by atoms with E-state index in [0.717, 1.165) is 0 Å². The van der Waals surface area contributed by atoms with E-state index in [1.165, 1.54) is 7.11 Å². The Hall–Kier alpha value is -3.28. The highest BCUT2D eigenvalue weighted by atomic mass is 35.5. The van der Waals surface area contributed by atoms with Gasteiger partial charge in [0.15, 0.2) is 17.1 Å². The quantitative estimate of drug-likeness (QED) is 0.374. The molecular weight excluding hydrogens is 425 g/mol. The van der Waals surface area contributed by atoms with Crippen molar-refractivity contribution < 1.29 is 18.7 Å². The average Bonchev–Trinajstić information content (AvgIpc) is 3.12. The minimum absolute atomic E-state index is 0.0165. The van der Waals surface area contributed by atoms with E-state index in [2.05, 4.69) is 5.32 Å². The second-order valence-electron chi connectivity index (χ2n) is 6.41. The van der Waals surface area contributed by atoms with Crippen molar-refractivity contribution in [3.63, 3.8) is 0 Å². The maximum atomic E-state index is 13.2. The molecule has 1 amide bonds. The van der Waals surface area contributed by atoms with Crippen molar-refractivity contribution in [2.75, 3.05) is 12.4 Å². The summed E-state index contributed by atoms with van der Waals surface area (Å²) in [6.45, 7) is 0. The Kier molecular flexibility index (Phi) is 5.48. The highest BCUT2D eigenvalue weighted by molar-refractivity contribution is 6.34. The molecule has 0 spiro atoms. The molecule has 0 bridgehead atoms. The van der Waals surface area contributed by atoms with Gasteiger partial charge in [0, 0.05) is 16.0 Å². The zero-order chi connectivity index (χ0) is 21.3. The first-order valence-electron chi connectivity index (χ1n) is 8.95. The molecule has 3 aromatic carbocycles. The molecule has 0 radical (unpaired) electrons. The number of carbonyl (C=O) groups is 2. The van der Waals surface area contributed by atoms with E-state index in [-0.39, 0.29) is 17.0 Å². The van der Waals surface area contributed by atoms with Crippen LogP contribution in [0.3, 0.4) is 0 Å². The minimum Gasteiger partial charge on any atom is -0.493 e. The highest BCUT2D eigenvalue weighted by Crippen LogP contribution is 2.38. The van der Waals surface area contributed by atoms with E-state index in [1.54, 1.807) is 66.7 Å². The van der Waals surface area contributed by atoms with Crippen LogP contribution >= 0.6 is 23.2 Å². The zero-order valence-electron chi connectivity index (χ0n) is 15.7. The molecule has 1 aromatic heterocycles. The van der Waals surface area contributed by atoms with Gasteiger partial charge in [0.2, 0.25) is 5.78 Å². The number of hydrogen-bond donors (Lipinski definition) is 1. The molecule has 7 heteroatoms. The number of halogens is 2. The van der Waals surface area contributed by atoms with Gasteiger partial charge in [-0.2, -0.15) is 0 Å². The number of ether oxygens (including phenoxy) is 1. The molecule has 0 atom stereocenters. The van der Waals surface area contributed by atoms with Crippen LogP contribution in [0.2, 0.25) is 10.0 Å². The summed E-state index contributed by atoms with van der Waals surface area (Å²) in [7, 11) is 1.50. The summed E-state index contributed by atoms with van der Waals surface area (Å²) in [4.78, 5) is 26.1. The van der Waals surface area contributed by atoms with Crippen LogP contribution in [-0.2, 0) is 0 Å². The van der Waals surface area contributed by atoms with E-state index in [4.69, 9.17) is 32.4 Å². The lowest BCUT2D eigenvalue weighted by Gasteiger charge is -2.07. The summed E-state index contributed by atoms with van der Waals surface area (Å²) in [5.41, 5.74) is 1.24. The number of furan rings is 1. The van der Waals surface area contributed by atoms with Gasteiger partial charge in [0.1, 0.15) is 0 Å². The van der Waals surface area contributed by atoms with Crippen LogP contribution in [0.4, 0.5) is 5.69 Å². The molecule has 0 saturated carbocycles. The number of benzene rings is 3. The Morgan fingerprint density at radius 3 is 2.37 bits per heavy atom. The molecule has 0 aliphatic carbocycles.